The van der Waals surface area contributed by atoms with Crippen molar-refractivity contribution in [3.8, 4) is 5.88 Å². The largest absolute Gasteiger partial charge is 0.478 e. The summed E-state index contributed by atoms with van der Waals surface area (Å²) in [7, 11) is 0. The molecule has 19 heavy (non-hydrogen) atoms. The molecule has 106 valence electrons. The molecule has 1 heterocycles. The molecule has 1 fully saturated rings. The van der Waals surface area contributed by atoms with Gasteiger partial charge in [0.1, 0.15) is 5.82 Å². The highest BCUT2D eigenvalue weighted by Crippen LogP contribution is 2.32. The van der Waals surface area contributed by atoms with Gasteiger partial charge < -0.3 is 10.1 Å². The lowest BCUT2D eigenvalue weighted by Crippen LogP contribution is -2.35. The van der Waals surface area contributed by atoms with Crippen molar-refractivity contribution in [2.24, 2.45) is 11.8 Å². The topological polar surface area (TPSA) is 34.1 Å². The Bertz CT molecular complexity index is 392. The highest BCUT2D eigenvalue weighted by atomic mass is 16.5. The van der Waals surface area contributed by atoms with Crippen LogP contribution in [0.5, 0.6) is 5.88 Å². The third-order valence-corrected chi connectivity index (χ3v) is 4.02. The van der Waals surface area contributed by atoms with E-state index in [0.29, 0.717) is 18.5 Å². The van der Waals surface area contributed by atoms with E-state index in [9.17, 15) is 0 Å². The molecule has 0 aromatic carbocycles. The van der Waals surface area contributed by atoms with Crippen LogP contribution < -0.4 is 10.1 Å². The van der Waals surface area contributed by atoms with E-state index in [1.54, 1.807) is 0 Å². The summed E-state index contributed by atoms with van der Waals surface area (Å²) in [5.74, 6) is 3.15. The first-order valence-electron chi connectivity index (χ1n) is 7.57. The molecule has 1 saturated carbocycles. The average molecular weight is 262 g/mol. The first-order valence-corrected chi connectivity index (χ1v) is 7.57. The second-order valence-electron chi connectivity index (χ2n) is 5.74. The summed E-state index contributed by atoms with van der Waals surface area (Å²) in [6.07, 6.45) is 5.28. The summed E-state index contributed by atoms with van der Waals surface area (Å²) in [6.45, 7) is 7.30. The van der Waals surface area contributed by atoms with E-state index in [1.807, 2.05) is 25.1 Å². The van der Waals surface area contributed by atoms with Gasteiger partial charge in [-0.1, -0.05) is 32.8 Å². The van der Waals surface area contributed by atoms with Gasteiger partial charge in [0.2, 0.25) is 5.88 Å². The maximum absolute atomic E-state index is 5.46. The second-order valence-corrected chi connectivity index (χ2v) is 5.74. The van der Waals surface area contributed by atoms with E-state index in [-0.39, 0.29) is 0 Å². The van der Waals surface area contributed by atoms with E-state index in [4.69, 9.17) is 4.74 Å². The van der Waals surface area contributed by atoms with Crippen LogP contribution in [0.15, 0.2) is 18.2 Å². The first-order chi connectivity index (χ1) is 9.20. The summed E-state index contributed by atoms with van der Waals surface area (Å²) in [5.41, 5.74) is 0. The fourth-order valence-corrected chi connectivity index (χ4v) is 3.05. The van der Waals surface area contributed by atoms with Crippen molar-refractivity contribution in [2.75, 3.05) is 11.9 Å². The molecule has 2 atom stereocenters. The van der Waals surface area contributed by atoms with Crippen LogP contribution in [0.3, 0.4) is 0 Å². The number of pyridine rings is 1. The Hall–Kier alpha value is -1.25. The van der Waals surface area contributed by atoms with Crippen molar-refractivity contribution in [1.82, 2.24) is 4.98 Å². The summed E-state index contributed by atoms with van der Waals surface area (Å²) in [5, 5.41) is 3.62. The van der Waals surface area contributed by atoms with E-state index >= 15 is 0 Å². The lowest BCUT2D eigenvalue weighted by Gasteiger charge is -2.35. The summed E-state index contributed by atoms with van der Waals surface area (Å²) in [4.78, 5) is 4.52. The molecule has 1 aliphatic carbocycles. The quantitative estimate of drug-likeness (QED) is 0.867. The maximum Gasteiger partial charge on any atom is 0.215 e. The molecular formula is C16H26N2O. The fourth-order valence-electron chi connectivity index (χ4n) is 3.05. The number of hydrogen-bond donors (Lipinski definition) is 1. The predicted molar refractivity (Wildman–Crippen MR) is 79.6 cm³/mol. The van der Waals surface area contributed by atoms with Crippen LogP contribution >= 0.6 is 0 Å². The summed E-state index contributed by atoms with van der Waals surface area (Å²) in [6, 6.07) is 6.51. The van der Waals surface area contributed by atoms with Crippen LogP contribution in [0.2, 0.25) is 0 Å². The lowest BCUT2D eigenvalue weighted by atomic mass is 9.78. The molecule has 1 aliphatic rings. The molecule has 3 nitrogen and oxygen atoms in total. The highest BCUT2D eigenvalue weighted by molar-refractivity contribution is 5.38. The van der Waals surface area contributed by atoms with Crippen LogP contribution in [0.1, 0.15) is 46.5 Å². The number of aromatic nitrogens is 1. The van der Waals surface area contributed by atoms with Gasteiger partial charge >= 0.3 is 0 Å². The maximum atomic E-state index is 5.46. The van der Waals surface area contributed by atoms with Crippen molar-refractivity contribution < 1.29 is 4.74 Å². The van der Waals surface area contributed by atoms with Crippen molar-refractivity contribution in [1.29, 1.82) is 0 Å². The van der Waals surface area contributed by atoms with Gasteiger partial charge in [-0.3, -0.25) is 0 Å². The third kappa shape index (κ3) is 3.85. The number of hydrogen-bond acceptors (Lipinski definition) is 3. The van der Waals surface area contributed by atoms with E-state index in [2.05, 4.69) is 24.1 Å². The molecule has 2 unspecified atom stereocenters. The Kier molecular flexibility index (Phi) is 5.06. The number of anilines is 1. The Morgan fingerprint density at radius 1 is 1.32 bits per heavy atom. The minimum Gasteiger partial charge on any atom is -0.478 e. The molecule has 3 heteroatoms. The zero-order valence-corrected chi connectivity index (χ0v) is 12.4. The van der Waals surface area contributed by atoms with Gasteiger partial charge in [-0.25, -0.2) is 0 Å². The molecule has 0 saturated heterocycles. The Morgan fingerprint density at radius 3 is 2.84 bits per heavy atom. The van der Waals surface area contributed by atoms with Crippen LogP contribution in [0, 0.1) is 11.8 Å². The van der Waals surface area contributed by atoms with Gasteiger partial charge in [0.25, 0.3) is 0 Å². The van der Waals surface area contributed by atoms with Crippen LogP contribution in [0.25, 0.3) is 0 Å². The molecule has 2 rings (SSSR count). The standard InChI is InChI=1S/C16H26N2O/c1-4-19-16-11-7-10-15(18-16)17-14-9-6-5-8-13(14)12(2)3/h7,10-14H,4-6,8-9H2,1-3H3,(H,17,18). The minimum absolute atomic E-state index is 0.554. The van der Waals surface area contributed by atoms with E-state index in [0.717, 1.165) is 17.7 Å². The molecule has 0 spiro atoms. The molecule has 0 radical (unpaired) electrons. The molecule has 0 aliphatic heterocycles. The first kappa shape index (κ1) is 14.2. The summed E-state index contributed by atoms with van der Waals surface area (Å²) < 4.78 is 5.46. The second kappa shape index (κ2) is 6.78. The van der Waals surface area contributed by atoms with Crippen LogP contribution in [-0.4, -0.2) is 17.6 Å². The molecule has 0 amide bonds. The van der Waals surface area contributed by atoms with Gasteiger partial charge in [-0.2, -0.15) is 4.98 Å². The van der Waals surface area contributed by atoms with Crippen molar-refractivity contribution in [3.63, 3.8) is 0 Å². The normalized spacial score (nSPS) is 23.4. The molecule has 1 aromatic heterocycles. The molecule has 1 aromatic rings. The smallest absolute Gasteiger partial charge is 0.215 e. The van der Waals surface area contributed by atoms with Gasteiger partial charge in [0.05, 0.1) is 6.61 Å². The average Bonchev–Trinajstić information content (AvgIpc) is 2.40. The zero-order chi connectivity index (χ0) is 13.7. The third-order valence-electron chi connectivity index (χ3n) is 4.02. The van der Waals surface area contributed by atoms with Crippen molar-refractivity contribution in [2.45, 2.75) is 52.5 Å². The van der Waals surface area contributed by atoms with Crippen molar-refractivity contribution >= 4 is 5.82 Å². The minimum atomic E-state index is 0.554. The number of rotatable bonds is 5. The zero-order valence-electron chi connectivity index (χ0n) is 12.4. The van der Waals surface area contributed by atoms with Gasteiger partial charge in [-0.05, 0) is 37.7 Å². The van der Waals surface area contributed by atoms with E-state index < -0.39 is 0 Å². The Morgan fingerprint density at radius 2 is 2.11 bits per heavy atom. The Balaban J connectivity index is 2.04. The van der Waals surface area contributed by atoms with Crippen LogP contribution in [-0.2, 0) is 0 Å². The molecule has 1 N–H and O–H groups in total. The molecular weight excluding hydrogens is 236 g/mol. The van der Waals surface area contributed by atoms with Crippen LogP contribution in [0.4, 0.5) is 5.82 Å². The SMILES string of the molecule is CCOc1cccc(NC2CCCCC2C(C)C)n1. The molecule has 0 bridgehead atoms. The predicted octanol–water partition coefficient (Wildman–Crippen LogP) is 4.11. The number of nitrogens with zero attached hydrogens (tertiary/aromatic N) is 1. The number of nitrogens with one attached hydrogen (secondary N) is 1. The lowest BCUT2D eigenvalue weighted by molar-refractivity contribution is 0.253. The summed E-state index contributed by atoms with van der Waals surface area (Å²) >= 11 is 0. The Labute approximate surface area is 116 Å². The van der Waals surface area contributed by atoms with Crippen molar-refractivity contribution in [3.05, 3.63) is 18.2 Å². The van der Waals surface area contributed by atoms with Gasteiger partial charge in [0, 0.05) is 12.1 Å². The van der Waals surface area contributed by atoms with Gasteiger partial charge in [-0.15, -0.1) is 0 Å². The fraction of sp³-hybridized carbons (Fsp3) is 0.688. The number of ether oxygens (including phenoxy) is 1. The monoisotopic (exact) mass is 262 g/mol. The highest BCUT2D eigenvalue weighted by Gasteiger charge is 2.27. The van der Waals surface area contributed by atoms with E-state index in [1.165, 1.54) is 25.7 Å². The van der Waals surface area contributed by atoms with Gasteiger partial charge in [0.15, 0.2) is 0 Å².